The van der Waals surface area contributed by atoms with Crippen molar-refractivity contribution in [2.24, 2.45) is 0 Å². The summed E-state index contributed by atoms with van der Waals surface area (Å²) < 4.78 is 0.941. The molecule has 0 saturated heterocycles. The molecule has 5 nitrogen and oxygen atoms in total. The van der Waals surface area contributed by atoms with E-state index in [4.69, 9.17) is 10.2 Å². The summed E-state index contributed by atoms with van der Waals surface area (Å²) in [4.78, 5) is 21.8. The lowest BCUT2D eigenvalue weighted by atomic mass is 10.1. The first-order chi connectivity index (χ1) is 8.49. The molecule has 0 aromatic heterocycles. The van der Waals surface area contributed by atoms with Crippen molar-refractivity contribution in [1.29, 1.82) is 0 Å². The summed E-state index contributed by atoms with van der Waals surface area (Å²) in [6, 6.07) is 7.35. The molecule has 1 rings (SSSR count). The van der Waals surface area contributed by atoms with Crippen LogP contribution < -0.4 is 5.32 Å². The van der Waals surface area contributed by atoms with Crippen molar-refractivity contribution in [2.75, 3.05) is 6.54 Å². The summed E-state index contributed by atoms with van der Waals surface area (Å²) in [6.07, 6.45) is -1.20. The standard InChI is InChI=1S/C12H14BrNO4/c13-9-3-1-8(2-4-9)7-11(16)14-6-5-10(15)12(17)18/h1-4,10,15H,5-7H2,(H,14,16)(H,17,18)/t10-/m0/s1. The van der Waals surface area contributed by atoms with Crippen LogP contribution in [0.2, 0.25) is 0 Å². The zero-order valence-electron chi connectivity index (χ0n) is 9.60. The quantitative estimate of drug-likeness (QED) is 0.729. The van der Waals surface area contributed by atoms with Crippen molar-refractivity contribution in [1.82, 2.24) is 5.32 Å². The normalized spacial score (nSPS) is 11.9. The third-order valence-electron chi connectivity index (χ3n) is 2.30. The molecule has 0 heterocycles. The Hall–Kier alpha value is -1.40. The molecule has 1 amide bonds. The minimum atomic E-state index is -1.43. The van der Waals surface area contributed by atoms with E-state index in [-0.39, 0.29) is 25.3 Å². The third kappa shape index (κ3) is 5.29. The lowest BCUT2D eigenvalue weighted by Crippen LogP contribution is -2.30. The predicted octanol–water partition coefficient (Wildman–Crippen LogP) is 0.943. The summed E-state index contributed by atoms with van der Waals surface area (Å²) in [5, 5.41) is 20.0. The Morgan fingerprint density at radius 3 is 2.44 bits per heavy atom. The predicted molar refractivity (Wildman–Crippen MR) is 69.1 cm³/mol. The van der Waals surface area contributed by atoms with E-state index in [2.05, 4.69) is 21.2 Å². The molecule has 0 unspecified atom stereocenters. The molecule has 18 heavy (non-hydrogen) atoms. The van der Waals surface area contributed by atoms with Crippen molar-refractivity contribution in [3.8, 4) is 0 Å². The second-order valence-corrected chi connectivity index (χ2v) is 4.71. The van der Waals surface area contributed by atoms with Crippen molar-refractivity contribution >= 4 is 27.8 Å². The average Bonchev–Trinajstić information content (AvgIpc) is 2.32. The topological polar surface area (TPSA) is 86.6 Å². The fraction of sp³-hybridized carbons (Fsp3) is 0.333. The lowest BCUT2D eigenvalue weighted by molar-refractivity contribution is -0.147. The van der Waals surface area contributed by atoms with Crippen LogP contribution >= 0.6 is 15.9 Å². The van der Waals surface area contributed by atoms with E-state index in [0.29, 0.717) is 0 Å². The second kappa shape index (κ2) is 7.13. The van der Waals surface area contributed by atoms with E-state index in [0.717, 1.165) is 10.0 Å². The van der Waals surface area contributed by atoms with Crippen LogP contribution in [0.1, 0.15) is 12.0 Å². The largest absolute Gasteiger partial charge is 0.479 e. The molecular weight excluding hydrogens is 302 g/mol. The molecule has 0 fully saturated rings. The maximum absolute atomic E-state index is 11.5. The molecule has 1 aromatic carbocycles. The van der Waals surface area contributed by atoms with Gasteiger partial charge < -0.3 is 15.5 Å². The zero-order chi connectivity index (χ0) is 13.5. The molecular formula is C12H14BrNO4. The molecule has 3 N–H and O–H groups in total. The van der Waals surface area contributed by atoms with Gasteiger partial charge in [-0.25, -0.2) is 4.79 Å². The Balaban J connectivity index is 2.30. The highest BCUT2D eigenvalue weighted by molar-refractivity contribution is 9.10. The number of halogens is 1. The van der Waals surface area contributed by atoms with E-state index < -0.39 is 12.1 Å². The van der Waals surface area contributed by atoms with E-state index in [9.17, 15) is 9.59 Å². The Bertz CT molecular complexity index is 419. The minimum Gasteiger partial charge on any atom is -0.479 e. The van der Waals surface area contributed by atoms with Crippen molar-refractivity contribution in [3.63, 3.8) is 0 Å². The van der Waals surface area contributed by atoms with Gasteiger partial charge in [-0.15, -0.1) is 0 Å². The van der Waals surface area contributed by atoms with Gasteiger partial charge in [0.2, 0.25) is 5.91 Å². The smallest absolute Gasteiger partial charge is 0.332 e. The van der Waals surface area contributed by atoms with Gasteiger partial charge in [0.1, 0.15) is 0 Å². The highest BCUT2D eigenvalue weighted by atomic mass is 79.9. The second-order valence-electron chi connectivity index (χ2n) is 3.80. The third-order valence-corrected chi connectivity index (χ3v) is 2.83. The van der Waals surface area contributed by atoms with Crippen LogP contribution in [0.5, 0.6) is 0 Å². The number of aliphatic carboxylic acids is 1. The number of carbonyl (C=O) groups excluding carboxylic acids is 1. The summed E-state index contributed by atoms with van der Waals surface area (Å²) >= 11 is 3.30. The monoisotopic (exact) mass is 315 g/mol. The van der Waals surface area contributed by atoms with Crippen LogP contribution in [0.15, 0.2) is 28.7 Å². The molecule has 6 heteroatoms. The molecule has 0 spiro atoms. The van der Waals surface area contributed by atoms with Crippen molar-refractivity contribution in [2.45, 2.75) is 18.9 Å². The van der Waals surface area contributed by atoms with E-state index >= 15 is 0 Å². The molecule has 0 aliphatic rings. The number of benzene rings is 1. The fourth-order valence-corrected chi connectivity index (χ4v) is 1.59. The molecule has 0 aliphatic carbocycles. The molecule has 1 aromatic rings. The van der Waals surface area contributed by atoms with Crippen LogP contribution in [-0.4, -0.2) is 34.7 Å². The number of carboxylic acids is 1. The van der Waals surface area contributed by atoms with E-state index in [1.165, 1.54) is 0 Å². The molecule has 0 saturated carbocycles. The number of rotatable bonds is 6. The van der Waals surface area contributed by atoms with Gasteiger partial charge in [0.15, 0.2) is 6.10 Å². The number of carboxylic acid groups (broad SMARTS) is 1. The van der Waals surface area contributed by atoms with Gasteiger partial charge in [-0.3, -0.25) is 4.79 Å². The summed E-state index contributed by atoms with van der Waals surface area (Å²) in [7, 11) is 0. The zero-order valence-corrected chi connectivity index (χ0v) is 11.2. The number of nitrogens with one attached hydrogen (secondary N) is 1. The van der Waals surface area contributed by atoms with Gasteiger partial charge in [-0.05, 0) is 17.7 Å². The van der Waals surface area contributed by atoms with Crippen LogP contribution in [0.25, 0.3) is 0 Å². The van der Waals surface area contributed by atoms with Gasteiger partial charge in [0, 0.05) is 17.4 Å². The number of hydrogen-bond donors (Lipinski definition) is 3. The molecule has 0 aliphatic heterocycles. The number of aliphatic hydroxyl groups is 1. The molecule has 0 radical (unpaired) electrons. The number of carbonyl (C=O) groups is 2. The first-order valence-electron chi connectivity index (χ1n) is 5.41. The first kappa shape index (κ1) is 14.7. The first-order valence-corrected chi connectivity index (χ1v) is 6.20. The Morgan fingerprint density at radius 2 is 1.89 bits per heavy atom. The van der Waals surface area contributed by atoms with Crippen molar-refractivity contribution in [3.05, 3.63) is 34.3 Å². The van der Waals surface area contributed by atoms with Gasteiger partial charge in [-0.1, -0.05) is 28.1 Å². The van der Waals surface area contributed by atoms with Gasteiger partial charge in [-0.2, -0.15) is 0 Å². The van der Waals surface area contributed by atoms with Crippen LogP contribution in [0, 0.1) is 0 Å². The number of aliphatic hydroxyl groups excluding tert-OH is 1. The SMILES string of the molecule is O=C(Cc1ccc(Br)cc1)NCC[C@H](O)C(=O)O. The Morgan fingerprint density at radius 1 is 1.28 bits per heavy atom. The molecule has 0 bridgehead atoms. The Labute approximate surface area is 113 Å². The van der Waals surface area contributed by atoms with Crippen LogP contribution in [0.3, 0.4) is 0 Å². The summed E-state index contributed by atoms with van der Waals surface area (Å²) in [5.41, 5.74) is 0.870. The van der Waals surface area contributed by atoms with Crippen molar-refractivity contribution < 1.29 is 19.8 Å². The number of hydrogen-bond acceptors (Lipinski definition) is 3. The van der Waals surface area contributed by atoms with Gasteiger partial charge in [0.25, 0.3) is 0 Å². The van der Waals surface area contributed by atoms with E-state index in [1.54, 1.807) is 0 Å². The summed E-state index contributed by atoms with van der Waals surface area (Å²) in [6.45, 7) is 0.142. The summed E-state index contributed by atoms with van der Waals surface area (Å²) in [5.74, 6) is -1.48. The van der Waals surface area contributed by atoms with Crippen LogP contribution in [-0.2, 0) is 16.0 Å². The van der Waals surface area contributed by atoms with Gasteiger partial charge >= 0.3 is 5.97 Å². The average molecular weight is 316 g/mol. The van der Waals surface area contributed by atoms with Gasteiger partial charge in [0.05, 0.1) is 6.42 Å². The maximum Gasteiger partial charge on any atom is 0.332 e. The Kier molecular flexibility index (Phi) is 5.80. The fourth-order valence-electron chi connectivity index (χ4n) is 1.32. The molecule has 1 atom stereocenters. The van der Waals surface area contributed by atoms with Crippen LogP contribution in [0.4, 0.5) is 0 Å². The number of amides is 1. The maximum atomic E-state index is 11.5. The highest BCUT2D eigenvalue weighted by Crippen LogP contribution is 2.10. The minimum absolute atomic E-state index is 0.00140. The highest BCUT2D eigenvalue weighted by Gasteiger charge is 2.12. The molecule has 98 valence electrons. The lowest BCUT2D eigenvalue weighted by Gasteiger charge is -2.07. The van der Waals surface area contributed by atoms with E-state index in [1.807, 2.05) is 24.3 Å².